The van der Waals surface area contributed by atoms with Gasteiger partial charge in [0.05, 0.1) is 6.92 Å². The normalized spacial score (nSPS) is 8.17. The highest BCUT2D eigenvalue weighted by atomic mass is 13.8. The predicted molar refractivity (Wildman–Crippen MR) is 28.1 cm³/mol. The summed E-state index contributed by atoms with van der Waals surface area (Å²) >= 11 is 0. The second kappa shape index (κ2) is 2.83. The summed E-state index contributed by atoms with van der Waals surface area (Å²) in [5.74, 6) is 0. The van der Waals surface area contributed by atoms with E-state index in [-0.39, 0.29) is 0 Å². The van der Waals surface area contributed by atoms with E-state index in [9.17, 15) is 0 Å². The number of allylic oxidation sites excluding steroid dienone is 1. The second-order valence-corrected chi connectivity index (χ2v) is 1.26. The average Bonchev–Trinajstić information content (AvgIpc) is 1.65. The minimum Gasteiger partial charge on any atom is -0.0614 e. The zero-order valence-corrected chi connectivity index (χ0v) is 4.20. The molecule has 0 atom stereocenters. The van der Waals surface area contributed by atoms with E-state index in [1.165, 1.54) is 0 Å². The highest BCUT2D eigenvalue weighted by Crippen LogP contribution is 1.97. The van der Waals surface area contributed by atoms with E-state index in [0.29, 0.717) is 0 Å². The first-order valence-corrected chi connectivity index (χ1v) is 2.20. The zero-order chi connectivity index (χ0) is 4.99. The summed E-state index contributed by atoms with van der Waals surface area (Å²) in [6.07, 6.45) is 1.74. The van der Waals surface area contributed by atoms with Crippen LogP contribution in [-0.4, -0.2) is 0 Å². The second-order valence-electron chi connectivity index (χ2n) is 1.26. The Morgan fingerprint density at radius 2 is 2.33 bits per heavy atom. The molecule has 0 fully saturated rings. The van der Waals surface area contributed by atoms with Crippen LogP contribution in [0.5, 0.6) is 0 Å². The summed E-state index contributed by atoms with van der Waals surface area (Å²) in [7, 11) is 0. The fraction of sp³-hybridized carbons (Fsp3) is 0.500. The molecule has 1 radical (unpaired) electrons. The fourth-order valence-electron chi connectivity index (χ4n) is 0.177. The monoisotopic (exact) mass is 82.1 g/mol. The van der Waals surface area contributed by atoms with E-state index in [4.69, 9.17) is 6.58 Å². The van der Waals surface area contributed by atoms with Crippen LogP contribution in [0.2, 0.25) is 0 Å². The summed E-state index contributed by atoms with van der Waals surface area (Å²) in [5.41, 5.74) is 0.981. The van der Waals surface area contributed by atoms with Crippen molar-refractivity contribution in [2.75, 3.05) is 0 Å². The highest BCUT2D eigenvalue weighted by molar-refractivity contribution is 4.89. The van der Waals surface area contributed by atoms with Gasteiger partial charge in [0.2, 0.25) is 0 Å². The third kappa shape index (κ3) is 1.89. The molecule has 0 aromatic heterocycles. The summed E-state index contributed by atoms with van der Waals surface area (Å²) in [4.78, 5) is 0. The Bertz CT molecular complexity index is 38.0. The molecule has 0 nitrogen and oxygen atoms in total. The summed E-state index contributed by atoms with van der Waals surface area (Å²) in [5, 5.41) is 0. The molecule has 0 heteroatoms. The van der Waals surface area contributed by atoms with E-state index >= 15 is 0 Å². The molecule has 0 aliphatic rings. The number of hydrogen-bond acceptors (Lipinski definition) is 0. The Morgan fingerprint density at radius 3 is 2.33 bits per heavy atom. The molecule has 33 valence electrons. The largest absolute Gasteiger partial charge is 0.106 e. The molecule has 0 saturated heterocycles. The Hall–Kier alpha value is -0.390. The van der Waals surface area contributed by atoms with Crippen molar-refractivity contribution in [2.24, 2.45) is 0 Å². The summed E-state index contributed by atoms with van der Waals surface area (Å²) in [6.45, 7) is 10.9. The van der Waals surface area contributed by atoms with Gasteiger partial charge in [-0.1, -0.05) is 13.5 Å². The third-order valence-corrected chi connectivity index (χ3v) is 0.775. The number of hydrogen-bond donors (Lipinski definition) is 0. The van der Waals surface area contributed by atoms with Crippen molar-refractivity contribution >= 4 is 0 Å². The molecule has 0 saturated carbocycles. The van der Waals surface area contributed by atoms with Crippen molar-refractivity contribution in [3.8, 4) is 0 Å². The molecule has 0 amide bonds. The van der Waals surface area contributed by atoms with Gasteiger partial charge in [0.15, 0.2) is 0 Å². The predicted octanol–water partition coefficient (Wildman–Crippen LogP) is 1.98. The topological polar surface area (TPSA) is 0 Å². The Labute approximate surface area is 39.9 Å². The van der Waals surface area contributed by atoms with E-state index in [2.05, 4.69) is 6.92 Å². The van der Waals surface area contributed by atoms with Gasteiger partial charge in [0.25, 0.3) is 0 Å². The van der Waals surface area contributed by atoms with Crippen molar-refractivity contribution in [3.05, 3.63) is 19.1 Å². The summed E-state index contributed by atoms with van der Waals surface area (Å²) in [6, 6.07) is 0. The van der Waals surface area contributed by atoms with E-state index in [1.54, 1.807) is 0 Å². The van der Waals surface area contributed by atoms with Crippen molar-refractivity contribution in [2.45, 2.75) is 19.8 Å². The molecule has 6 heavy (non-hydrogen) atoms. The minimum atomic E-state index is 0.774. The van der Waals surface area contributed by atoms with Crippen LogP contribution in [0.25, 0.3) is 0 Å². The Morgan fingerprint density at radius 1 is 1.83 bits per heavy atom. The van der Waals surface area contributed by atoms with Gasteiger partial charge in [-0.15, -0.1) is 0 Å². The molecule has 0 unspecified atom stereocenters. The molecule has 0 bridgehead atoms. The maximum absolute atomic E-state index is 5.33. The standard InChI is InChI=1S/C6H10/c1-4-6(3)5-2/h3H,1,4-5H2,2H3/q+1. The lowest BCUT2D eigenvalue weighted by Gasteiger charge is -1.83. The molecule has 0 aromatic rings. The molecule has 0 heterocycles. The van der Waals surface area contributed by atoms with Gasteiger partial charge >= 0.3 is 0 Å². The van der Waals surface area contributed by atoms with E-state index in [0.717, 1.165) is 18.4 Å². The van der Waals surface area contributed by atoms with Gasteiger partial charge in [-0.2, -0.15) is 0 Å². The van der Waals surface area contributed by atoms with Gasteiger partial charge in [0.1, 0.15) is 6.42 Å². The van der Waals surface area contributed by atoms with E-state index in [1.807, 2.05) is 6.92 Å². The molecule has 0 aromatic carbocycles. The van der Waals surface area contributed by atoms with Crippen LogP contribution >= 0.6 is 0 Å². The van der Waals surface area contributed by atoms with Crippen molar-refractivity contribution in [1.82, 2.24) is 0 Å². The quantitative estimate of drug-likeness (QED) is 0.447. The molecule has 0 aliphatic heterocycles. The maximum atomic E-state index is 5.33. The van der Waals surface area contributed by atoms with Crippen LogP contribution < -0.4 is 0 Å². The van der Waals surface area contributed by atoms with Crippen LogP contribution in [-0.2, 0) is 0 Å². The lowest BCUT2D eigenvalue weighted by Crippen LogP contribution is -1.69. The smallest absolute Gasteiger partial charge is 0.0614 e. The average molecular weight is 82.1 g/mol. The first-order chi connectivity index (χ1) is 2.81. The molecule has 0 rings (SSSR count). The molecular formula is C6H10+. The van der Waals surface area contributed by atoms with Crippen LogP contribution in [0, 0.1) is 13.5 Å². The molecule has 0 aliphatic carbocycles. The van der Waals surface area contributed by atoms with Gasteiger partial charge < -0.3 is 0 Å². The lowest BCUT2D eigenvalue weighted by atomic mass is 10.2. The first-order valence-electron chi connectivity index (χ1n) is 2.20. The number of rotatable bonds is 2. The van der Waals surface area contributed by atoms with Crippen LogP contribution in [0.3, 0.4) is 0 Å². The highest BCUT2D eigenvalue weighted by Gasteiger charge is 1.84. The van der Waals surface area contributed by atoms with Crippen LogP contribution in [0.4, 0.5) is 0 Å². The SMILES string of the molecule is [CH]=C(C[CH2+])CC. The summed E-state index contributed by atoms with van der Waals surface area (Å²) < 4.78 is 0. The first kappa shape index (κ1) is 5.61. The fourth-order valence-corrected chi connectivity index (χ4v) is 0.177. The van der Waals surface area contributed by atoms with Gasteiger partial charge in [-0.3, -0.25) is 0 Å². The third-order valence-electron chi connectivity index (χ3n) is 0.775. The van der Waals surface area contributed by atoms with Crippen molar-refractivity contribution in [1.29, 1.82) is 0 Å². The van der Waals surface area contributed by atoms with Crippen LogP contribution in [0.15, 0.2) is 5.57 Å². The van der Waals surface area contributed by atoms with Crippen LogP contribution in [0.1, 0.15) is 19.8 Å². The molecule has 0 N–H and O–H groups in total. The Kier molecular flexibility index (Phi) is 2.64. The lowest BCUT2D eigenvalue weighted by molar-refractivity contribution is 1.03. The zero-order valence-electron chi connectivity index (χ0n) is 4.20. The maximum Gasteiger partial charge on any atom is 0.106 e. The minimum absolute atomic E-state index is 0.774. The Balaban J connectivity index is 2.99. The molecular weight excluding hydrogens is 72.1 g/mol. The van der Waals surface area contributed by atoms with Gasteiger partial charge in [0, 0.05) is 0 Å². The van der Waals surface area contributed by atoms with Gasteiger partial charge in [-0.05, 0) is 12.0 Å². The van der Waals surface area contributed by atoms with E-state index < -0.39 is 0 Å². The van der Waals surface area contributed by atoms with Crippen molar-refractivity contribution < 1.29 is 0 Å². The molecule has 0 spiro atoms. The van der Waals surface area contributed by atoms with Crippen molar-refractivity contribution in [3.63, 3.8) is 0 Å². The van der Waals surface area contributed by atoms with Gasteiger partial charge in [-0.25, -0.2) is 0 Å².